The number of aromatic nitrogens is 2. The summed E-state index contributed by atoms with van der Waals surface area (Å²) in [5.41, 5.74) is 7.76. The Bertz CT molecular complexity index is 2310. The van der Waals surface area contributed by atoms with E-state index in [1.165, 1.54) is 21.5 Å². The molecule has 0 aliphatic carbocycles. The van der Waals surface area contributed by atoms with E-state index in [0.717, 1.165) is 54.6 Å². The number of para-hydroxylation sites is 4. The monoisotopic (exact) mass is 454 g/mol. The van der Waals surface area contributed by atoms with Crippen LogP contribution in [0.4, 0.5) is 0 Å². The van der Waals surface area contributed by atoms with Gasteiger partial charge in [0.05, 0.1) is 44.2 Å². The second kappa shape index (κ2) is 5.84. The molecular weight excluding hydrogens is 440 g/mol. The third-order valence-corrected chi connectivity index (χ3v) is 8.02. The topological polar surface area (TPSA) is 56.4 Å². The molecule has 0 spiro atoms. The SMILES string of the molecule is N#Cc1cccc2c3c4c5ccccc5n5c6c(C#N)cccc6c(c6c7ccccc7n(c12)c63)c45. The Hall–Kier alpha value is -5.32. The summed E-state index contributed by atoms with van der Waals surface area (Å²) in [6.45, 7) is 0. The molecule has 4 heteroatoms. The van der Waals surface area contributed by atoms with Crippen molar-refractivity contribution in [3.8, 4) is 12.1 Å². The van der Waals surface area contributed by atoms with E-state index in [9.17, 15) is 10.5 Å². The van der Waals surface area contributed by atoms with Crippen molar-refractivity contribution in [3.05, 3.63) is 96.1 Å². The molecule has 9 rings (SSSR count). The lowest BCUT2D eigenvalue weighted by Gasteiger charge is -2.03. The van der Waals surface area contributed by atoms with Crippen LogP contribution in [0.5, 0.6) is 0 Å². The zero-order valence-electron chi connectivity index (χ0n) is 18.9. The molecule has 4 aromatic heterocycles. The molecule has 0 atom stereocenters. The van der Waals surface area contributed by atoms with Gasteiger partial charge in [0, 0.05) is 43.1 Å². The number of hydrogen-bond donors (Lipinski definition) is 0. The first-order valence-corrected chi connectivity index (χ1v) is 11.9. The van der Waals surface area contributed by atoms with Crippen LogP contribution in [0.3, 0.4) is 0 Å². The Balaban J connectivity index is 1.83. The molecule has 5 aromatic carbocycles. The first kappa shape index (κ1) is 18.1. The average Bonchev–Trinajstić information content (AvgIpc) is 3.65. The van der Waals surface area contributed by atoms with Gasteiger partial charge in [-0.15, -0.1) is 0 Å². The van der Waals surface area contributed by atoms with Crippen LogP contribution in [0.25, 0.3) is 76.2 Å². The smallest absolute Gasteiger partial charge is 0.101 e. The number of nitriles is 2. The Morgan fingerprint density at radius 3 is 1.25 bits per heavy atom. The summed E-state index contributed by atoms with van der Waals surface area (Å²) < 4.78 is 4.59. The maximum atomic E-state index is 10.1. The number of nitrogens with zero attached hydrogens (tertiary/aromatic N) is 4. The maximum Gasteiger partial charge on any atom is 0.101 e. The lowest BCUT2D eigenvalue weighted by Crippen LogP contribution is -1.84. The van der Waals surface area contributed by atoms with Gasteiger partial charge in [0.1, 0.15) is 12.1 Å². The molecule has 0 amide bonds. The average molecular weight is 454 g/mol. The fraction of sp³-hybridized carbons (Fsp3) is 0. The van der Waals surface area contributed by atoms with E-state index < -0.39 is 0 Å². The highest BCUT2D eigenvalue weighted by Gasteiger charge is 2.29. The fourth-order valence-electron chi connectivity index (χ4n) is 6.84. The highest BCUT2D eigenvalue weighted by molar-refractivity contribution is 6.45. The van der Waals surface area contributed by atoms with Crippen molar-refractivity contribution < 1.29 is 0 Å². The van der Waals surface area contributed by atoms with E-state index in [4.69, 9.17) is 0 Å². The zero-order chi connectivity index (χ0) is 23.7. The van der Waals surface area contributed by atoms with Crippen LogP contribution in [0.15, 0.2) is 84.9 Å². The fourth-order valence-corrected chi connectivity index (χ4v) is 6.84. The van der Waals surface area contributed by atoms with E-state index in [2.05, 4.69) is 81.6 Å². The molecular formula is C32H14N4. The molecule has 0 saturated heterocycles. The summed E-state index contributed by atoms with van der Waals surface area (Å²) in [7, 11) is 0. The number of fused-ring (bicyclic) bond motifs is 14. The number of hydrogen-bond acceptors (Lipinski definition) is 2. The van der Waals surface area contributed by atoms with Crippen LogP contribution < -0.4 is 0 Å². The van der Waals surface area contributed by atoms with Crippen molar-refractivity contribution in [1.29, 1.82) is 10.5 Å². The molecule has 9 aromatic rings. The van der Waals surface area contributed by atoms with Crippen LogP contribution in [0, 0.1) is 22.7 Å². The van der Waals surface area contributed by atoms with Gasteiger partial charge in [-0.1, -0.05) is 60.7 Å². The molecule has 4 nitrogen and oxygen atoms in total. The lowest BCUT2D eigenvalue weighted by molar-refractivity contribution is 1.35. The van der Waals surface area contributed by atoms with Crippen LogP contribution >= 0.6 is 0 Å². The molecule has 0 unspecified atom stereocenters. The number of rotatable bonds is 0. The van der Waals surface area contributed by atoms with Crippen molar-refractivity contribution in [2.45, 2.75) is 0 Å². The van der Waals surface area contributed by atoms with E-state index in [1.807, 2.05) is 24.3 Å². The Morgan fingerprint density at radius 1 is 0.417 bits per heavy atom. The van der Waals surface area contributed by atoms with Gasteiger partial charge in [-0.05, 0) is 24.3 Å². The minimum absolute atomic E-state index is 0.675. The minimum Gasteiger partial charge on any atom is -0.307 e. The molecule has 0 aliphatic heterocycles. The van der Waals surface area contributed by atoms with Crippen molar-refractivity contribution in [2.75, 3.05) is 0 Å². The predicted molar refractivity (Wildman–Crippen MR) is 145 cm³/mol. The summed E-state index contributed by atoms with van der Waals surface area (Å²) in [6, 6.07) is 33.9. The third kappa shape index (κ3) is 1.73. The molecule has 0 aliphatic rings. The van der Waals surface area contributed by atoms with E-state index in [-0.39, 0.29) is 0 Å². The standard InChI is InChI=1S/C32H14N4/c33-15-17-7-6-12-22-28-26-20-10-2-4-14-24(20)36-30-18(16-34)8-5-11-21(30)27(32(26)36)25-19-9-1-3-13-23(19)35(29(17)22)31(25)28/h1-14H. The predicted octanol–water partition coefficient (Wildman–Crippen LogP) is 7.73. The largest absolute Gasteiger partial charge is 0.307 e. The molecule has 162 valence electrons. The summed E-state index contributed by atoms with van der Waals surface area (Å²) in [4.78, 5) is 0. The second-order valence-corrected chi connectivity index (χ2v) is 9.53. The van der Waals surface area contributed by atoms with Gasteiger partial charge in [0.15, 0.2) is 0 Å². The minimum atomic E-state index is 0.675. The summed E-state index contributed by atoms with van der Waals surface area (Å²) in [5, 5.41) is 29.4. The van der Waals surface area contributed by atoms with Crippen molar-refractivity contribution in [3.63, 3.8) is 0 Å². The third-order valence-electron chi connectivity index (χ3n) is 8.02. The lowest BCUT2D eigenvalue weighted by atomic mass is 9.97. The zero-order valence-corrected chi connectivity index (χ0v) is 18.9. The highest BCUT2D eigenvalue weighted by atomic mass is 14.9. The van der Waals surface area contributed by atoms with Gasteiger partial charge in [-0.2, -0.15) is 10.5 Å². The Morgan fingerprint density at radius 2 is 0.806 bits per heavy atom. The Labute approximate surface area is 203 Å². The van der Waals surface area contributed by atoms with E-state index in [0.29, 0.717) is 11.1 Å². The van der Waals surface area contributed by atoms with Gasteiger partial charge < -0.3 is 8.80 Å². The molecule has 0 saturated carbocycles. The van der Waals surface area contributed by atoms with Crippen molar-refractivity contribution in [2.24, 2.45) is 0 Å². The molecule has 0 N–H and O–H groups in total. The normalized spacial score (nSPS) is 12.4. The summed E-state index contributed by atoms with van der Waals surface area (Å²) in [6.07, 6.45) is 0. The molecule has 0 bridgehead atoms. The van der Waals surface area contributed by atoms with Gasteiger partial charge >= 0.3 is 0 Å². The maximum absolute atomic E-state index is 10.1. The van der Waals surface area contributed by atoms with Gasteiger partial charge in [-0.25, -0.2) is 0 Å². The van der Waals surface area contributed by atoms with Crippen molar-refractivity contribution >= 4 is 76.2 Å². The summed E-state index contributed by atoms with van der Waals surface area (Å²) >= 11 is 0. The van der Waals surface area contributed by atoms with Crippen molar-refractivity contribution in [1.82, 2.24) is 8.80 Å². The second-order valence-electron chi connectivity index (χ2n) is 9.53. The van der Waals surface area contributed by atoms with Gasteiger partial charge in [0.2, 0.25) is 0 Å². The van der Waals surface area contributed by atoms with Crippen LogP contribution in [0.1, 0.15) is 11.1 Å². The molecule has 36 heavy (non-hydrogen) atoms. The van der Waals surface area contributed by atoms with Gasteiger partial charge in [0.25, 0.3) is 0 Å². The van der Waals surface area contributed by atoms with Crippen LogP contribution in [0.2, 0.25) is 0 Å². The first-order valence-electron chi connectivity index (χ1n) is 11.9. The van der Waals surface area contributed by atoms with Crippen LogP contribution in [-0.2, 0) is 0 Å². The molecule has 4 heterocycles. The first-order chi connectivity index (χ1) is 17.8. The van der Waals surface area contributed by atoms with Gasteiger partial charge in [-0.3, -0.25) is 0 Å². The quantitative estimate of drug-likeness (QED) is 0.235. The number of benzene rings is 5. The Kier molecular flexibility index (Phi) is 2.93. The van der Waals surface area contributed by atoms with Crippen LogP contribution in [-0.4, -0.2) is 8.80 Å². The summed E-state index contributed by atoms with van der Waals surface area (Å²) in [5.74, 6) is 0. The van der Waals surface area contributed by atoms with E-state index in [1.54, 1.807) is 0 Å². The highest BCUT2D eigenvalue weighted by Crippen LogP contribution is 2.52. The molecule has 0 fully saturated rings. The molecule has 0 radical (unpaired) electrons. The van der Waals surface area contributed by atoms with E-state index >= 15 is 0 Å².